The first-order chi connectivity index (χ1) is 17.3. The van der Waals surface area contributed by atoms with Gasteiger partial charge in [0.05, 0.1) is 15.6 Å². The van der Waals surface area contributed by atoms with Crippen molar-refractivity contribution < 1.29 is 18.7 Å². The standard InChI is InChI=1S/C26H17Cl2N3O4S/c1-13-11-14(12-16(23(13)32)25-30-18-7-2-3-8-20(18)35-25)29-26(36)31-24(33)21-10-9-19(34-21)15-5-4-6-17(27)22(15)28/h2-12,32H,1H3,(H2,29,31,33,36). The first-order valence-corrected chi connectivity index (χ1v) is 11.8. The number of aromatic hydroxyl groups is 1. The van der Waals surface area contributed by atoms with Crippen molar-refractivity contribution in [2.45, 2.75) is 6.92 Å². The van der Waals surface area contributed by atoms with Crippen LogP contribution in [0.5, 0.6) is 5.75 Å². The molecule has 10 heteroatoms. The van der Waals surface area contributed by atoms with Gasteiger partial charge in [-0.2, -0.15) is 0 Å². The lowest BCUT2D eigenvalue weighted by Gasteiger charge is -2.12. The minimum absolute atomic E-state index is 0.0323. The second kappa shape index (κ2) is 9.66. The van der Waals surface area contributed by atoms with Gasteiger partial charge in [-0.15, -0.1) is 0 Å². The average molecular weight is 538 g/mol. The highest BCUT2D eigenvalue weighted by Crippen LogP contribution is 2.36. The van der Waals surface area contributed by atoms with Crippen molar-refractivity contribution in [3.05, 3.63) is 88.1 Å². The number of hydrogen-bond acceptors (Lipinski definition) is 6. The molecule has 36 heavy (non-hydrogen) atoms. The van der Waals surface area contributed by atoms with E-state index in [1.165, 1.54) is 6.07 Å². The third-order valence-corrected chi connectivity index (χ3v) is 6.38. The van der Waals surface area contributed by atoms with Gasteiger partial charge in [-0.3, -0.25) is 10.1 Å². The Morgan fingerprint density at radius 1 is 1.00 bits per heavy atom. The molecule has 5 rings (SSSR count). The molecule has 0 saturated heterocycles. The van der Waals surface area contributed by atoms with Crippen LogP contribution in [0.4, 0.5) is 5.69 Å². The maximum Gasteiger partial charge on any atom is 0.293 e. The fourth-order valence-electron chi connectivity index (χ4n) is 3.63. The summed E-state index contributed by atoms with van der Waals surface area (Å²) in [5.74, 6) is 0.178. The molecule has 0 unspecified atom stereocenters. The summed E-state index contributed by atoms with van der Waals surface area (Å²) in [7, 11) is 0. The number of fused-ring (bicyclic) bond motifs is 1. The molecule has 180 valence electrons. The number of thiocarbonyl (C=S) groups is 1. The number of benzene rings is 3. The maximum atomic E-state index is 12.7. The van der Waals surface area contributed by atoms with Gasteiger partial charge in [-0.05, 0) is 73.2 Å². The average Bonchev–Trinajstić information content (AvgIpc) is 3.50. The van der Waals surface area contributed by atoms with E-state index >= 15 is 0 Å². The Morgan fingerprint density at radius 2 is 1.81 bits per heavy atom. The Morgan fingerprint density at radius 3 is 2.61 bits per heavy atom. The summed E-state index contributed by atoms with van der Waals surface area (Å²) in [6, 6.07) is 18.9. The number of nitrogens with one attached hydrogen (secondary N) is 2. The minimum atomic E-state index is -0.549. The Balaban J connectivity index is 1.33. The Bertz CT molecular complexity index is 1610. The van der Waals surface area contributed by atoms with Crippen LogP contribution in [-0.2, 0) is 0 Å². The zero-order valence-electron chi connectivity index (χ0n) is 18.6. The van der Waals surface area contributed by atoms with Crippen LogP contribution < -0.4 is 10.6 Å². The molecule has 0 aliphatic rings. The van der Waals surface area contributed by atoms with Crippen molar-refractivity contribution in [1.29, 1.82) is 0 Å². The molecular formula is C26H17Cl2N3O4S. The third-order valence-electron chi connectivity index (χ3n) is 5.36. The van der Waals surface area contributed by atoms with E-state index in [-0.39, 0.29) is 22.5 Å². The Labute approximate surface area is 220 Å². The smallest absolute Gasteiger partial charge is 0.293 e. The lowest BCUT2D eigenvalue weighted by molar-refractivity contribution is 0.0951. The Kier molecular flexibility index (Phi) is 6.40. The number of phenolic OH excluding ortho intramolecular Hbond substituents is 1. The van der Waals surface area contributed by atoms with Gasteiger partial charge in [0.15, 0.2) is 16.5 Å². The van der Waals surface area contributed by atoms with E-state index in [2.05, 4.69) is 15.6 Å². The van der Waals surface area contributed by atoms with E-state index in [1.807, 2.05) is 18.2 Å². The predicted octanol–water partition coefficient (Wildman–Crippen LogP) is 7.20. The number of phenols is 1. The van der Waals surface area contributed by atoms with Crippen molar-refractivity contribution in [3.63, 3.8) is 0 Å². The van der Waals surface area contributed by atoms with Gasteiger partial charge in [-0.25, -0.2) is 4.98 Å². The summed E-state index contributed by atoms with van der Waals surface area (Å²) in [5.41, 5.74) is 3.32. The van der Waals surface area contributed by atoms with Crippen LogP contribution in [0.2, 0.25) is 10.0 Å². The summed E-state index contributed by atoms with van der Waals surface area (Å²) in [5, 5.41) is 16.9. The highest BCUT2D eigenvalue weighted by atomic mass is 35.5. The monoisotopic (exact) mass is 537 g/mol. The number of anilines is 1. The lowest BCUT2D eigenvalue weighted by Crippen LogP contribution is -2.33. The van der Waals surface area contributed by atoms with Crippen molar-refractivity contribution in [2.24, 2.45) is 0 Å². The second-order valence-corrected chi connectivity index (χ2v) is 9.04. The first-order valence-electron chi connectivity index (χ1n) is 10.7. The molecule has 0 fully saturated rings. The Hall–Kier alpha value is -3.85. The molecule has 2 aromatic heterocycles. The number of aryl methyl sites for hydroxylation is 1. The molecule has 0 atom stereocenters. The molecule has 5 aromatic rings. The van der Waals surface area contributed by atoms with E-state index in [4.69, 9.17) is 44.3 Å². The van der Waals surface area contributed by atoms with Gasteiger partial charge >= 0.3 is 0 Å². The molecule has 1 amide bonds. The maximum absolute atomic E-state index is 12.7. The van der Waals surface area contributed by atoms with Crippen LogP contribution in [0.3, 0.4) is 0 Å². The molecule has 0 aliphatic carbocycles. The van der Waals surface area contributed by atoms with E-state index in [0.717, 1.165) is 0 Å². The number of carbonyl (C=O) groups excluding carboxylic acids is 1. The number of hydrogen-bond donors (Lipinski definition) is 3. The molecule has 0 saturated carbocycles. The van der Waals surface area contributed by atoms with E-state index in [9.17, 15) is 9.90 Å². The summed E-state index contributed by atoms with van der Waals surface area (Å²) in [6.45, 7) is 1.74. The van der Waals surface area contributed by atoms with Crippen molar-refractivity contribution in [3.8, 4) is 28.5 Å². The fraction of sp³-hybridized carbons (Fsp3) is 0.0385. The number of aromatic nitrogens is 1. The van der Waals surface area contributed by atoms with Gasteiger partial charge in [0, 0.05) is 11.3 Å². The number of halogens is 2. The zero-order valence-corrected chi connectivity index (χ0v) is 21.0. The van der Waals surface area contributed by atoms with E-state index < -0.39 is 5.91 Å². The summed E-state index contributed by atoms with van der Waals surface area (Å²) in [4.78, 5) is 17.1. The number of rotatable bonds is 4. The summed E-state index contributed by atoms with van der Waals surface area (Å²) < 4.78 is 11.5. The van der Waals surface area contributed by atoms with Gasteiger partial charge in [-0.1, -0.05) is 41.4 Å². The molecule has 3 aromatic carbocycles. The number of nitrogens with zero attached hydrogens (tertiary/aromatic N) is 1. The first kappa shape index (κ1) is 23.9. The van der Waals surface area contributed by atoms with Crippen molar-refractivity contribution in [2.75, 3.05) is 5.32 Å². The molecule has 0 bridgehead atoms. The number of carbonyl (C=O) groups is 1. The fourth-order valence-corrected chi connectivity index (χ4v) is 4.23. The van der Waals surface area contributed by atoms with Crippen LogP contribution in [0, 0.1) is 6.92 Å². The highest BCUT2D eigenvalue weighted by molar-refractivity contribution is 7.80. The molecule has 0 radical (unpaired) electrons. The van der Waals surface area contributed by atoms with Crippen LogP contribution >= 0.6 is 35.4 Å². The topological polar surface area (TPSA) is 101 Å². The van der Waals surface area contributed by atoms with Crippen molar-refractivity contribution >= 4 is 63.2 Å². The summed E-state index contributed by atoms with van der Waals surface area (Å²) in [6.07, 6.45) is 0. The van der Waals surface area contributed by atoms with Crippen LogP contribution in [0.25, 0.3) is 33.9 Å². The molecule has 7 nitrogen and oxygen atoms in total. The number of para-hydroxylation sites is 2. The van der Waals surface area contributed by atoms with Crippen molar-refractivity contribution in [1.82, 2.24) is 10.3 Å². The normalized spacial score (nSPS) is 11.0. The van der Waals surface area contributed by atoms with E-state index in [1.54, 1.807) is 49.4 Å². The third kappa shape index (κ3) is 4.66. The molecule has 2 heterocycles. The molecule has 0 aliphatic heterocycles. The van der Waals surface area contributed by atoms with Gasteiger partial charge in [0.2, 0.25) is 5.89 Å². The van der Waals surface area contributed by atoms with Crippen LogP contribution in [0.1, 0.15) is 16.1 Å². The molecule has 0 spiro atoms. The molecule has 3 N–H and O–H groups in total. The van der Waals surface area contributed by atoms with Gasteiger partial charge in [0.1, 0.15) is 17.0 Å². The van der Waals surface area contributed by atoms with Gasteiger partial charge < -0.3 is 19.3 Å². The van der Waals surface area contributed by atoms with E-state index in [0.29, 0.717) is 49.3 Å². The van der Waals surface area contributed by atoms with Crippen LogP contribution in [0.15, 0.2) is 75.6 Å². The number of oxazole rings is 1. The SMILES string of the molecule is Cc1cc(NC(=S)NC(=O)c2ccc(-c3cccc(Cl)c3Cl)o2)cc(-c2nc3ccccc3o2)c1O. The lowest BCUT2D eigenvalue weighted by atomic mass is 10.1. The van der Waals surface area contributed by atoms with Gasteiger partial charge in [0.25, 0.3) is 5.91 Å². The summed E-state index contributed by atoms with van der Waals surface area (Å²) >= 11 is 17.6. The second-order valence-electron chi connectivity index (χ2n) is 7.85. The number of amides is 1. The largest absolute Gasteiger partial charge is 0.507 e. The molecular weight excluding hydrogens is 521 g/mol. The number of furan rings is 1. The zero-order chi connectivity index (χ0) is 25.4. The minimum Gasteiger partial charge on any atom is -0.507 e. The van der Waals surface area contributed by atoms with Crippen LogP contribution in [-0.4, -0.2) is 21.1 Å². The predicted molar refractivity (Wildman–Crippen MR) is 144 cm³/mol. The highest BCUT2D eigenvalue weighted by Gasteiger charge is 2.18. The quantitative estimate of drug-likeness (QED) is 0.164.